The van der Waals surface area contributed by atoms with E-state index in [-0.39, 0.29) is 13.4 Å². The van der Waals surface area contributed by atoms with E-state index in [1.165, 1.54) is 130 Å². The zero-order chi connectivity index (χ0) is 37.6. The van der Waals surface area contributed by atoms with Gasteiger partial charge in [-0.3, -0.25) is 0 Å². The fourth-order valence-electron chi connectivity index (χ4n) is 11.3. The van der Waals surface area contributed by atoms with Gasteiger partial charge in [-0.1, -0.05) is 215 Å². The third kappa shape index (κ3) is 4.12. The van der Waals surface area contributed by atoms with Gasteiger partial charge in [-0.15, -0.1) is 0 Å². The second-order valence-corrected chi connectivity index (χ2v) is 16.8. The lowest BCUT2D eigenvalue weighted by Crippen LogP contribution is -2.49. The molecule has 58 heavy (non-hydrogen) atoms. The normalized spacial score (nSPS) is 13.1. The molecule has 2 heterocycles. The molecule has 0 unspecified atom stereocenters. The number of rotatable bonds is 2. The predicted molar refractivity (Wildman–Crippen MR) is 253 cm³/mol. The minimum Gasteiger partial charge on any atom is -0.0680 e. The summed E-state index contributed by atoms with van der Waals surface area (Å²) in [6.07, 6.45) is 0. The average Bonchev–Trinajstić information content (AvgIpc) is 3.76. The van der Waals surface area contributed by atoms with Gasteiger partial charge in [-0.2, -0.15) is 0 Å². The summed E-state index contributed by atoms with van der Waals surface area (Å²) in [5.41, 5.74) is 13.8. The monoisotopic (exact) mass is 726 g/mol. The first-order valence-electron chi connectivity index (χ1n) is 20.6. The minimum atomic E-state index is 0.147. The van der Waals surface area contributed by atoms with Gasteiger partial charge in [-0.05, 0) is 110 Å². The minimum absolute atomic E-state index is 0.147. The van der Waals surface area contributed by atoms with Crippen molar-refractivity contribution in [1.29, 1.82) is 0 Å². The van der Waals surface area contributed by atoms with Crippen LogP contribution in [0, 0.1) is 0 Å². The van der Waals surface area contributed by atoms with E-state index in [0.29, 0.717) is 0 Å². The molecule has 2 heteroatoms. The van der Waals surface area contributed by atoms with Crippen LogP contribution in [0.2, 0.25) is 0 Å². The van der Waals surface area contributed by atoms with Crippen LogP contribution in [0.15, 0.2) is 194 Å². The van der Waals surface area contributed by atoms with E-state index in [9.17, 15) is 0 Å². The molecule has 0 atom stereocenters. The first kappa shape index (κ1) is 31.0. The smallest absolute Gasteiger partial charge is 0.0680 e. The average molecular weight is 726 g/mol. The molecule has 0 saturated heterocycles. The summed E-state index contributed by atoms with van der Waals surface area (Å²) in [7, 11) is 0. The molecule has 0 radical (unpaired) electrons. The standard InChI is InChI=1S/C56H32B2/c1-3-11-35-25-43(21-17-33(35)9-1)57-49-29-39-15-7-5-13-37(39)27-47(49)55-45-23-20-42-32-52-56(46-24-19-41(31-51(55)57)53(45)54(42)46)48-28-38-14-6-8-16-40(38)30-50(48)58(52)44-22-18-34-10-2-4-12-36(34)26-44/h1-32H. The van der Waals surface area contributed by atoms with Crippen LogP contribution in [0.3, 0.4) is 0 Å². The second-order valence-electron chi connectivity index (χ2n) is 16.8. The van der Waals surface area contributed by atoms with Crippen molar-refractivity contribution in [2.75, 3.05) is 0 Å². The molecule has 12 aromatic carbocycles. The summed E-state index contributed by atoms with van der Waals surface area (Å²) in [6.45, 7) is 0.293. The zero-order valence-corrected chi connectivity index (χ0v) is 31.6. The van der Waals surface area contributed by atoms with Gasteiger partial charge in [0.2, 0.25) is 13.4 Å². The van der Waals surface area contributed by atoms with Gasteiger partial charge in [0, 0.05) is 0 Å². The van der Waals surface area contributed by atoms with Gasteiger partial charge in [0.1, 0.15) is 0 Å². The first-order valence-corrected chi connectivity index (χ1v) is 20.6. The van der Waals surface area contributed by atoms with Crippen LogP contribution in [0.5, 0.6) is 0 Å². The Morgan fingerprint density at radius 2 is 0.569 bits per heavy atom. The highest BCUT2D eigenvalue weighted by atomic mass is 14.3. The van der Waals surface area contributed by atoms with Crippen molar-refractivity contribution in [3.8, 4) is 22.3 Å². The van der Waals surface area contributed by atoms with Crippen LogP contribution < -0.4 is 32.8 Å². The summed E-state index contributed by atoms with van der Waals surface area (Å²) < 4.78 is 0. The Hall–Kier alpha value is -7.15. The molecule has 0 fully saturated rings. The molecule has 0 aromatic heterocycles. The maximum absolute atomic E-state index is 2.54. The van der Waals surface area contributed by atoms with Crippen LogP contribution in [-0.2, 0) is 0 Å². The van der Waals surface area contributed by atoms with E-state index in [2.05, 4.69) is 194 Å². The third-order valence-corrected chi connectivity index (χ3v) is 13.8. The topological polar surface area (TPSA) is 0 Å². The molecule has 0 nitrogen and oxygen atoms in total. The van der Waals surface area contributed by atoms with Crippen molar-refractivity contribution in [1.82, 2.24) is 0 Å². The van der Waals surface area contributed by atoms with Gasteiger partial charge in [-0.25, -0.2) is 0 Å². The number of hydrogen-bond acceptors (Lipinski definition) is 0. The van der Waals surface area contributed by atoms with Gasteiger partial charge < -0.3 is 0 Å². The molecular weight excluding hydrogens is 694 g/mol. The molecule has 0 N–H and O–H groups in total. The summed E-state index contributed by atoms with van der Waals surface area (Å²) in [5.74, 6) is 0. The molecule has 14 rings (SSSR count). The number of fused-ring (bicyclic) bond motifs is 12. The Morgan fingerprint density at radius 1 is 0.241 bits per heavy atom. The maximum Gasteiger partial charge on any atom is 0.242 e. The van der Waals surface area contributed by atoms with Crippen molar-refractivity contribution >= 4 is 122 Å². The van der Waals surface area contributed by atoms with Crippen LogP contribution >= 0.6 is 0 Å². The Morgan fingerprint density at radius 3 is 0.983 bits per heavy atom. The number of benzene rings is 12. The van der Waals surface area contributed by atoms with Crippen molar-refractivity contribution in [2.24, 2.45) is 0 Å². The quantitative estimate of drug-likeness (QED) is 0.123. The summed E-state index contributed by atoms with van der Waals surface area (Å²) in [6, 6.07) is 74.1. The number of hydrogen-bond donors (Lipinski definition) is 0. The Labute approximate surface area is 336 Å². The van der Waals surface area contributed by atoms with Crippen LogP contribution in [0.4, 0.5) is 0 Å². The van der Waals surface area contributed by atoms with Gasteiger partial charge in [0.05, 0.1) is 0 Å². The maximum atomic E-state index is 2.54. The lowest BCUT2D eigenvalue weighted by Gasteiger charge is -2.19. The van der Waals surface area contributed by atoms with Crippen LogP contribution in [-0.4, -0.2) is 13.4 Å². The summed E-state index contributed by atoms with van der Waals surface area (Å²) in [4.78, 5) is 0. The van der Waals surface area contributed by atoms with E-state index in [4.69, 9.17) is 0 Å². The molecular formula is C56H32B2. The van der Waals surface area contributed by atoms with E-state index < -0.39 is 0 Å². The Bertz CT molecular complexity index is 3520. The fraction of sp³-hybridized carbons (Fsp3) is 0. The largest absolute Gasteiger partial charge is 0.242 e. The van der Waals surface area contributed by atoms with Gasteiger partial charge in [0.25, 0.3) is 0 Å². The van der Waals surface area contributed by atoms with Crippen LogP contribution in [0.1, 0.15) is 0 Å². The van der Waals surface area contributed by atoms with Crippen molar-refractivity contribution in [3.05, 3.63) is 194 Å². The summed E-state index contributed by atoms with van der Waals surface area (Å²) >= 11 is 0. The molecule has 2 aliphatic heterocycles. The van der Waals surface area contributed by atoms with E-state index >= 15 is 0 Å². The molecule has 0 bridgehead atoms. The molecule has 0 aliphatic carbocycles. The third-order valence-electron chi connectivity index (χ3n) is 13.8. The first-order chi connectivity index (χ1) is 28.7. The zero-order valence-electron chi connectivity index (χ0n) is 31.6. The summed E-state index contributed by atoms with van der Waals surface area (Å²) in [5, 5.41) is 18.4. The van der Waals surface area contributed by atoms with Crippen molar-refractivity contribution < 1.29 is 0 Å². The van der Waals surface area contributed by atoms with Gasteiger partial charge in [0.15, 0.2) is 0 Å². The van der Waals surface area contributed by atoms with E-state index in [1.54, 1.807) is 0 Å². The Kier molecular flexibility index (Phi) is 6.01. The highest BCUT2D eigenvalue weighted by molar-refractivity contribution is 7.00. The van der Waals surface area contributed by atoms with Gasteiger partial charge >= 0.3 is 0 Å². The highest BCUT2D eigenvalue weighted by Gasteiger charge is 2.38. The second kappa shape index (κ2) is 11.2. The van der Waals surface area contributed by atoms with E-state index in [1.807, 2.05) is 0 Å². The van der Waals surface area contributed by atoms with Crippen molar-refractivity contribution in [3.63, 3.8) is 0 Å². The molecule has 12 aromatic rings. The van der Waals surface area contributed by atoms with E-state index in [0.717, 1.165) is 0 Å². The SMILES string of the molecule is c1ccc2cc(B3c4cc5ccccc5cc4-c4c3cc3ccc5c6c(cc7ccc4c3c75)B(c3ccc4ccccc4c3)c3cc4ccccc4cc3-6)ccc2c1. The molecule has 262 valence electrons. The van der Waals surface area contributed by atoms with Crippen molar-refractivity contribution in [2.45, 2.75) is 0 Å². The predicted octanol–water partition coefficient (Wildman–Crippen LogP) is 10.2. The Balaban J connectivity index is 1.07. The van der Waals surface area contributed by atoms with Crippen LogP contribution in [0.25, 0.3) is 97.7 Å². The molecule has 0 saturated carbocycles. The highest BCUT2D eigenvalue weighted by Crippen LogP contribution is 2.44. The fourth-order valence-corrected chi connectivity index (χ4v) is 11.3. The molecule has 0 amide bonds. The molecule has 2 aliphatic rings. The lowest BCUT2D eigenvalue weighted by atomic mass is 9.38. The molecule has 0 spiro atoms. The lowest BCUT2D eigenvalue weighted by molar-refractivity contribution is 1.76.